The molecular weight excluding hydrogens is 407 g/mol. The number of halogens is 3. The number of carbonyl (C=O) groups excluding carboxylic acids is 1. The number of hydrogen-bond acceptors (Lipinski definition) is 3. The number of ether oxygens (including phenoxy) is 2. The summed E-state index contributed by atoms with van der Waals surface area (Å²) in [6, 6.07) is 13.0. The molecule has 31 heavy (non-hydrogen) atoms. The number of fused-ring (bicyclic) bond motifs is 2. The number of allylic oxidation sites excluding steroid dienone is 1. The average molecular weight is 427 g/mol. The lowest BCUT2D eigenvalue weighted by Crippen LogP contribution is -2.52. The highest BCUT2D eigenvalue weighted by atomic mass is 19.4. The van der Waals surface area contributed by atoms with E-state index < -0.39 is 23.3 Å². The number of carbonyl (C=O) groups is 1. The van der Waals surface area contributed by atoms with Crippen LogP contribution in [0.3, 0.4) is 0 Å². The maximum Gasteiger partial charge on any atom is 0.437 e. The lowest BCUT2D eigenvalue weighted by Gasteiger charge is -2.39. The number of nitrogens with zero attached hydrogens (tertiary/aromatic N) is 1. The molecule has 1 aliphatic rings. The number of esters is 1. The molecule has 0 aliphatic carbocycles. The van der Waals surface area contributed by atoms with Crippen LogP contribution in [0.25, 0.3) is 17.0 Å². The van der Waals surface area contributed by atoms with Gasteiger partial charge in [0.25, 0.3) is 5.60 Å². The number of hydrogen-bond donors (Lipinski definition) is 0. The molecule has 1 aliphatic heterocycles. The summed E-state index contributed by atoms with van der Waals surface area (Å²) < 4.78 is 57.2. The largest absolute Gasteiger partial charge is 0.467 e. The zero-order chi connectivity index (χ0) is 22.2. The number of para-hydroxylation sites is 2. The summed E-state index contributed by atoms with van der Waals surface area (Å²) >= 11 is 0. The van der Waals surface area contributed by atoms with Gasteiger partial charge in [0, 0.05) is 34.8 Å². The van der Waals surface area contributed by atoms with Crippen LogP contribution < -0.4 is 4.74 Å². The van der Waals surface area contributed by atoms with Gasteiger partial charge in [-0.2, -0.15) is 13.2 Å². The zero-order valence-electron chi connectivity index (χ0n) is 16.8. The Morgan fingerprint density at radius 1 is 1.19 bits per heavy atom. The maximum atomic E-state index is 14.9. The number of rotatable bonds is 5. The zero-order valence-corrected chi connectivity index (χ0v) is 16.8. The van der Waals surface area contributed by atoms with Crippen molar-refractivity contribution < 1.29 is 27.4 Å². The highest BCUT2D eigenvalue weighted by Gasteiger charge is 2.65. The minimum Gasteiger partial charge on any atom is -0.467 e. The molecule has 160 valence electrons. The average Bonchev–Trinajstić information content (AvgIpc) is 3.11. The smallest absolute Gasteiger partial charge is 0.437 e. The molecule has 1 aromatic heterocycles. The van der Waals surface area contributed by atoms with E-state index in [0.717, 1.165) is 0 Å². The molecule has 0 N–H and O–H groups in total. The van der Waals surface area contributed by atoms with Crippen molar-refractivity contribution in [2.24, 2.45) is 0 Å². The summed E-state index contributed by atoms with van der Waals surface area (Å²) in [6.07, 6.45) is -0.775. The van der Waals surface area contributed by atoms with E-state index in [1.807, 2.05) is 0 Å². The number of alkyl halides is 3. The summed E-state index contributed by atoms with van der Waals surface area (Å²) in [4.78, 5) is 12.8. The minimum absolute atomic E-state index is 0.0356. The molecule has 4 nitrogen and oxygen atoms in total. The Morgan fingerprint density at radius 2 is 1.90 bits per heavy atom. The fourth-order valence-electron chi connectivity index (χ4n) is 3.96. The van der Waals surface area contributed by atoms with Crippen LogP contribution in [0, 0.1) is 0 Å². The quantitative estimate of drug-likeness (QED) is 0.392. The van der Waals surface area contributed by atoms with Gasteiger partial charge in [0.2, 0.25) is 0 Å². The topological polar surface area (TPSA) is 40.5 Å². The molecule has 2 aromatic carbocycles. The van der Waals surface area contributed by atoms with Crippen molar-refractivity contribution in [3.05, 3.63) is 84.1 Å². The van der Waals surface area contributed by atoms with Crippen LogP contribution in [0.5, 0.6) is 5.75 Å². The van der Waals surface area contributed by atoms with Crippen molar-refractivity contribution in [3.63, 3.8) is 0 Å². The molecule has 3 aromatic rings. The molecule has 0 spiro atoms. The van der Waals surface area contributed by atoms with Gasteiger partial charge in [-0.3, -0.25) is 0 Å². The normalized spacial score (nSPS) is 18.1. The Bertz CT molecular complexity index is 1190. The Balaban J connectivity index is 2.09. The second-order valence-electron chi connectivity index (χ2n) is 7.10. The van der Waals surface area contributed by atoms with E-state index in [2.05, 4.69) is 6.58 Å². The monoisotopic (exact) mass is 427 g/mol. The van der Waals surface area contributed by atoms with Crippen molar-refractivity contribution in [1.82, 2.24) is 4.57 Å². The molecule has 0 amide bonds. The van der Waals surface area contributed by atoms with Gasteiger partial charge in [0.15, 0.2) is 0 Å². The Kier molecular flexibility index (Phi) is 5.13. The van der Waals surface area contributed by atoms with Gasteiger partial charge in [-0.1, -0.05) is 42.5 Å². The third-order valence-corrected chi connectivity index (χ3v) is 5.25. The molecule has 1 unspecified atom stereocenters. The van der Waals surface area contributed by atoms with Crippen molar-refractivity contribution in [1.29, 1.82) is 0 Å². The standard InChI is InChI=1S/C24H20F3NO3/c1-3-13-28-15-19(17-10-6-7-11-20(17)28)23(24(25,26)27)18(22(29)30-4-2)14-16-9-5-8-12-21(16)31-23/h3,5-12,14-15H,1,4,13H2,2H3. The van der Waals surface area contributed by atoms with Gasteiger partial charge < -0.3 is 14.0 Å². The van der Waals surface area contributed by atoms with Gasteiger partial charge >= 0.3 is 12.1 Å². The summed E-state index contributed by atoms with van der Waals surface area (Å²) in [6.45, 7) is 5.46. The first-order valence-electron chi connectivity index (χ1n) is 9.76. The molecule has 0 saturated heterocycles. The number of benzene rings is 2. The van der Waals surface area contributed by atoms with E-state index in [1.165, 1.54) is 18.3 Å². The van der Waals surface area contributed by atoms with Crippen LogP contribution in [-0.2, 0) is 21.7 Å². The fraction of sp³-hybridized carbons (Fsp3) is 0.208. The van der Waals surface area contributed by atoms with Gasteiger partial charge in [0.05, 0.1) is 12.2 Å². The fourth-order valence-corrected chi connectivity index (χ4v) is 3.96. The molecule has 0 radical (unpaired) electrons. The number of aromatic nitrogens is 1. The van der Waals surface area contributed by atoms with Crippen LogP contribution in [0.1, 0.15) is 18.1 Å². The van der Waals surface area contributed by atoms with Crippen LogP contribution >= 0.6 is 0 Å². The lowest BCUT2D eigenvalue weighted by molar-refractivity contribution is -0.240. The van der Waals surface area contributed by atoms with Crippen molar-refractivity contribution in [3.8, 4) is 5.75 Å². The lowest BCUT2D eigenvalue weighted by atomic mass is 9.81. The molecule has 0 bridgehead atoms. The first-order chi connectivity index (χ1) is 14.8. The van der Waals surface area contributed by atoms with E-state index in [0.29, 0.717) is 23.0 Å². The van der Waals surface area contributed by atoms with Crippen molar-refractivity contribution in [2.45, 2.75) is 25.2 Å². The third-order valence-electron chi connectivity index (χ3n) is 5.25. The first kappa shape index (κ1) is 20.8. The third kappa shape index (κ3) is 3.21. The summed E-state index contributed by atoms with van der Waals surface area (Å²) in [5.41, 5.74) is -2.86. The van der Waals surface area contributed by atoms with Gasteiger partial charge in [0.1, 0.15) is 5.75 Å². The maximum absolute atomic E-state index is 14.9. The van der Waals surface area contributed by atoms with E-state index in [4.69, 9.17) is 9.47 Å². The highest BCUT2D eigenvalue weighted by molar-refractivity contribution is 6.00. The van der Waals surface area contributed by atoms with Crippen LogP contribution in [0.4, 0.5) is 13.2 Å². The predicted octanol–water partition coefficient (Wildman–Crippen LogP) is 5.62. The van der Waals surface area contributed by atoms with Gasteiger partial charge in [-0.05, 0) is 25.1 Å². The summed E-state index contributed by atoms with van der Waals surface area (Å²) in [5.74, 6) is -1.04. The van der Waals surface area contributed by atoms with E-state index in [1.54, 1.807) is 60.0 Å². The Labute approximate surface area is 177 Å². The van der Waals surface area contributed by atoms with Crippen LogP contribution in [0.2, 0.25) is 0 Å². The molecule has 1 atom stereocenters. The summed E-state index contributed by atoms with van der Waals surface area (Å²) in [5, 5.41) is 0.330. The van der Waals surface area contributed by atoms with Crippen LogP contribution in [0.15, 0.2) is 73.0 Å². The van der Waals surface area contributed by atoms with E-state index >= 15 is 0 Å². The molecule has 7 heteroatoms. The molecule has 2 heterocycles. The predicted molar refractivity (Wildman–Crippen MR) is 112 cm³/mol. The minimum atomic E-state index is -4.96. The summed E-state index contributed by atoms with van der Waals surface area (Å²) in [7, 11) is 0. The molecular formula is C24H20F3NO3. The van der Waals surface area contributed by atoms with E-state index in [-0.39, 0.29) is 17.9 Å². The molecule has 0 fully saturated rings. The Morgan fingerprint density at radius 3 is 2.61 bits per heavy atom. The van der Waals surface area contributed by atoms with Crippen LogP contribution in [-0.4, -0.2) is 23.3 Å². The van der Waals surface area contributed by atoms with Crippen molar-refractivity contribution >= 4 is 22.9 Å². The second kappa shape index (κ2) is 7.65. The first-order valence-corrected chi connectivity index (χ1v) is 9.76. The molecule has 0 saturated carbocycles. The second-order valence-corrected chi connectivity index (χ2v) is 7.10. The molecule has 4 rings (SSSR count). The van der Waals surface area contributed by atoms with Gasteiger partial charge in [-0.25, -0.2) is 4.79 Å². The van der Waals surface area contributed by atoms with Crippen molar-refractivity contribution in [2.75, 3.05) is 6.61 Å². The van der Waals surface area contributed by atoms with Gasteiger partial charge in [-0.15, -0.1) is 6.58 Å². The Hall–Kier alpha value is -3.48. The van der Waals surface area contributed by atoms with E-state index in [9.17, 15) is 18.0 Å². The highest BCUT2D eigenvalue weighted by Crippen LogP contribution is 2.53. The SMILES string of the molecule is C=CCn1cc(C2(C(F)(F)F)Oc3ccccc3C=C2C(=O)OCC)c2ccccc21.